The zero-order valence-corrected chi connectivity index (χ0v) is 14.8. The van der Waals surface area contributed by atoms with Gasteiger partial charge in [0.25, 0.3) is 0 Å². The predicted octanol–water partition coefficient (Wildman–Crippen LogP) is 5.35. The molecule has 0 saturated carbocycles. The number of hydrogen-bond acceptors (Lipinski definition) is 4. The largest absolute Gasteiger partial charge is 0.497 e. The molecule has 1 aliphatic heterocycles. The zero-order valence-electron chi connectivity index (χ0n) is 14.0. The quantitative estimate of drug-likeness (QED) is 0.643. The molecule has 0 bridgehead atoms. The average Bonchev–Trinajstić information content (AvgIpc) is 2.86. The molecule has 3 nitrogen and oxygen atoms in total. The van der Waals surface area contributed by atoms with Gasteiger partial charge in [0.15, 0.2) is 0 Å². The maximum Gasteiger partial charge on any atom is 0.124 e. The van der Waals surface area contributed by atoms with Crippen molar-refractivity contribution in [3.05, 3.63) is 42.5 Å². The van der Waals surface area contributed by atoms with Crippen LogP contribution in [0.2, 0.25) is 0 Å². The highest BCUT2D eigenvalue weighted by Crippen LogP contribution is 2.33. The molecule has 1 saturated heterocycles. The van der Waals surface area contributed by atoms with Gasteiger partial charge in [0.2, 0.25) is 0 Å². The van der Waals surface area contributed by atoms with Crippen LogP contribution in [0.1, 0.15) is 25.7 Å². The van der Waals surface area contributed by atoms with Crippen molar-refractivity contribution in [3.8, 4) is 16.3 Å². The Hall–Kier alpha value is -2.07. The van der Waals surface area contributed by atoms with Gasteiger partial charge in [0.05, 0.1) is 17.3 Å². The van der Waals surface area contributed by atoms with Crippen molar-refractivity contribution < 1.29 is 4.74 Å². The number of thiazole rings is 1. The van der Waals surface area contributed by atoms with E-state index in [0.29, 0.717) is 0 Å². The standard InChI is InChI=1S/C20H22N2OS/c1-23-17-10-11-18-19(14-17)24-20(21-18)15-6-8-16(9-7-15)22-12-4-2-3-5-13-22/h6-11,14H,2-5,12-13H2,1H3. The fourth-order valence-corrected chi connectivity index (χ4v) is 4.30. The van der Waals surface area contributed by atoms with Gasteiger partial charge in [-0.2, -0.15) is 0 Å². The van der Waals surface area contributed by atoms with Gasteiger partial charge in [0.1, 0.15) is 10.8 Å². The van der Waals surface area contributed by atoms with Gasteiger partial charge in [-0.3, -0.25) is 0 Å². The minimum Gasteiger partial charge on any atom is -0.497 e. The minimum atomic E-state index is 0.884. The van der Waals surface area contributed by atoms with Gasteiger partial charge in [-0.1, -0.05) is 12.8 Å². The summed E-state index contributed by atoms with van der Waals surface area (Å²) in [4.78, 5) is 7.28. The Balaban J connectivity index is 1.60. The first-order valence-corrected chi connectivity index (χ1v) is 9.45. The molecule has 0 spiro atoms. The molecule has 3 aromatic rings. The summed E-state index contributed by atoms with van der Waals surface area (Å²) >= 11 is 1.72. The lowest BCUT2D eigenvalue weighted by Gasteiger charge is -2.22. The number of nitrogens with zero attached hydrogens (tertiary/aromatic N) is 2. The third-order valence-electron chi connectivity index (χ3n) is 4.68. The summed E-state index contributed by atoms with van der Waals surface area (Å²) in [6.45, 7) is 2.36. The van der Waals surface area contributed by atoms with E-state index in [0.717, 1.165) is 16.3 Å². The Bertz CT molecular complexity index is 817. The van der Waals surface area contributed by atoms with Gasteiger partial charge >= 0.3 is 0 Å². The van der Waals surface area contributed by atoms with Crippen LogP contribution in [-0.2, 0) is 0 Å². The second-order valence-corrected chi connectivity index (χ2v) is 7.33. The lowest BCUT2D eigenvalue weighted by atomic mass is 10.2. The van der Waals surface area contributed by atoms with E-state index in [2.05, 4.69) is 35.2 Å². The Kier molecular flexibility index (Phi) is 4.39. The van der Waals surface area contributed by atoms with Crippen LogP contribution in [0.25, 0.3) is 20.8 Å². The van der Waals surface area contributed by atoms with Crippen molar-refractivity contribution in [1.82, 2.24) is 4.98 Å². The van der Waals surface area contributed by atoms with Crippen LogP contribution in [0, 0.1) is 0 Å². The molecule has 124 valence electrons. The van der Waals surface area contributed by atoms with Crippen LogP contribution in [0.3, 0.4) is 0 Å². The van der Waals surface area contributed by atoms with E-state index in [-0.39, 0.29) is 0 Å². The Morgan fingerprint density at radius 1 is 0.958 bits per heavy atom. The van der Waals surface area contributed by atoms with E-state index >= 15 is 0 Å². The lowest BCUT2D eigenvalue weighted by molar-refractivity contribution is 0.415. The third kappa shape index (κ3) is 3.11. The molecule has 2 heterocycles. The van der Waals surface area contributed by atoms with E-state index in [1.165, 1.54) is 54.7 Å². The van der Waals surface area contributed by atoms with E-state index in [4.69, 9.17) is 9.72 Å². The third-order valence-corrected chi connectivity index (χ3v) is 5.75. The number of benzene rings is 2. The highest BCUT2D eigenvalue weighted by atomic mass is 32.1. The Morgan fingerprint density at radius 3 is 2.42 bits per heavy atom. The van der Waals surface area contributed by atoms with Crippen LogP contribution in [0.5, 0.6) is 5.75 Å². The SMILES string of the molecule is COc1ccc2nc(-c3ccc(N4CCCCCC4)cc3)sc2c1. The van der Waals surface area contributed by atoms with E-state index in [1.54, 1.807) is 18.4 Å². The molecule has 2 aromatic carbocycles. The van der Waals surface area contributed by atoms with Crippen molar-refractivity contribution in [2.75, 3.05) is 25.1 Å². The molecular formula is C20H22N2OS. The zero-order chi connectivity index (χ0) is 16.4. The number of fused-ring (bicyclic) bond motifs is 1. The fourth-order valence-electron chi connectivity index (χ4n) is 3.30. The van der Waals surface area contributed by atoms with Crippen molar-refractivity contribution in [1.29, 1.82) is 0 Å². The maximum absolute atomic E-state index is 5.30. The summed E-state index contributed by atoms with van der Waals surface area (Å²) in [6.07, 6.45) is 5.34. The molecule has 1 fully saturated rings. The van der Waals surface area contributed by atoms with Gasteiger partial charge in [-0.25, -0.2) is 4.98 Å². The van der Waals surface area contributed by atoms with Crippen LogP contribution < -0.4 is 9.64 Å². The second kappa shape index (κ2) is 6.81. The first-order chi connectivity index (χ1) is 11.8. The van der Waals surface area contributed by atoms with Gasteiger partial charge in [-0.15, -0.1) is 11.3 Å². The topological polar surface area (TPSA) is 25.4 Å². The van der Waals surface area contributed by atoms with Crippen LogP contribution in [0.4, 0.5) is 5.69 Å². The van der Waals surface area contributed by atoms with Crippen molar-refractivity contribution in [3.63, 3.8) is 0 Å². The summed E-state index contributed by atoms with van der Waals surface area (Å²) in [5, 5.41) is 1.07. The number of hydrogen-bond donors (Lipinski definition) is 0. The molecule has 4 rings (SSSR count). The van der Waals surface area contributed by atoms with Crippen molar-refractivity contribution in [2.45, 2.75) is 25.7 Å². The number of aromatic nitrogens is 1. The van der Waals surface area contributed by atoms with Crippen molar-refractivity contribution in [2.24, 2.45) is 0 Å². The first-order valence-electron chi connectivity index (χ1n) is 8.63. The highest BCUT2D eigenvalue weighted by molar-refractivity contribution is 7.21. The number of anilines is 1. The molecule has 0 radical (unpaired) electrons. The smallest absolute Gasteiger partial charge is 0.124 e. The Morgan fingerprint density at radius 2 is 1.71 bits per heavy atom. The van der Waals surface area contributed by atoms with E-state index < -0.39 is 0 Å². The summed E-state index contributed by atoms with van der Waals surface area (Å²) in [5.41, 5.74) is 3.56. The number of methoxy groups -OCH3 is 1. The molecule has 0 unspecified atom stereocenters. The predicted molar refractivity (Wildman–Crippen MR) is 102 cm³/mol. The maximum atomic E-state index is 5.30. The lowest BCUT2D eigenvalue weighted by Crippen LogP contribution is -2.23. The van der Waals surface area contributed by atoms with Crippen LogP contribution in [0.15, 0.2) is 42.5 Å². The summed E-state index contributed by atoms with van der Waals surface area (Å²) < 4.78 is 6.47. The fraction of sp³-hybridized carbons (Fsp3) is 0.350. The molecule has 1 aromatic heterocycles. The molecule has 4 heteroatoms. The minimum absolute atomic E-state index is 0.884. The number of rotatable bonds is 3. The Labute approximate surface area is 146 Å². The van der Waals surface area contributed by atoms with Gasteiger partial charge in [0, 0.05) is 24.3 Å². The molecule has 0 N–H and O–H groups in total. The van der Waals surface area contributed by atoms with E-state index in [1.807, 2.05) is 12.1 Å². The summed E-state index contributed by atoms with van der Waals surface area (Å²) in [5.74, 6) is 0.884. The molecule has 0 amide bonds. The van der Waals surface area contributed by atoms with E-state index in [9.17, 15) is 0 Å². The number of ether oxygens (including phenoxy) is 1. The molecule has 24 heavy (non-hydrogen) atoms. The summed E-state index contributed by atoms with van der Waals surface area (Å²) in [7, 11) is 1.70. The summed E-state index contributed by atoms with van der Waals surface area (Å²) in [6, 6.07) is 14.9. The van der Waals surface area contributed by atoms with Gasteiger partial charge in [-0.05, 0) is 55.3 Å². The molecule has 0 aliphatic carbocycles. The first kappa shape index (κ1) is 15.5. The average molecular weight is 338 g/mol. The van der Waals surface area contributed by atoms with Crippen LogP contribution in [-0.4, -0.2) is 25.2 Å². The second-order valence-electron chi connectivity index (χ2n) is 6.30. The van der Waals surface area contributed by atoms with Crippen LogP contribution >= 0.6 is 11.3 Å². The molecule has 0 atom stereocenters. The monoisotopic (exact) mass is 338 g/mol. The molecule has 1 aliphatic rings. The highest BCUT2D eigenvalue weighted by Gasteiger charge is 2.11. The van der Waals surface area contributed by atoms with Crippen molar-refractivity contribution >= 4 is 27.2 Å². The van der Waals surface area contributed by atoms with Gasteiger partial charge < -0.3 is 9.64 Å². The normalized spacial score (nSPS) is 15.5. The molecular weight excluding hydrogens is 316 g/mol.